The van der Waals surface area contributed by atoms with Gasteiger partial charge in [0.15, 0.2) is 0 Å². The summed E-state index contributed by atoms with van der Waals surface area (Å²) in [6.45, 7) is 4.35. The zero-order chi connectivity index (χ0) is 15.5. The largest absolute Gasteiger partial charge is 0.367 e. The summed E-state index contributed by atoms with van der Waals surface area (Å²) in [6, 6.07) is 10.2. The maximum Gasteiger partial charge on any atom is 0.250 e. The molecule has 0 N–H and O–H groups in total. The van der Waals surface area contributed by atoms with Gasteiger partial charge >= 0.3 is 0 Å². The fraction of sp³-hybridized carbons (Fsp3) is 0.389. The van der Waals surface area contributed by atoms with Crippen molar-refractivity contribution in [1.29, 1.82) is 0 Å². The molecular formula is C18H21FN2O. The highest BCUT2D eigenvalue weighted by atomic mass is 19.1. The summed E-state index contributed by atoms with van der Waals surface area (Å²) in [5.74, 6) is 0.456. The molecule has 2 aromatic rings. The molecule has 1 aliphatic rings. The van der Waals surface area contributed by atoms with Crippen LogP contribution in [0.15, 0.2) is 47.4 Å². The number of aromatic nitrogens is 1. The van der Waals surface area contributed by atoms with E-state index in [1.165, 1.54) is 25.0 Å². The highest BCUT2D eigenvalue weighted by Gasteiger charge is 2.21. The highest BCUT2D eigenvalue weighted by Crippen LogP contribution is 2.30. The molecule has 0 radical (unpaired) electrons. The van der Waals surface area contributed by atoms with Crippen molar-refractivity contribution >= 4 is 5.69 Å². The van der Waals surface area contributed by atoms with Crippen molar-refractivity contribution in [3.63, 3.8) is 0 Å². The van der Waals surface area contributed by atoms with Gasteiger partial charge in [-0.15, -0.1) is 0 Å². The molecule has 1 fully saturated rings. The third-order valence-electron chi connectivity index (χ3n) is 4.16. The summed E-state index contributed by atoms with van der Waals surface area (Å²) in [4.78, 5) is 14.3. The number of hydrogen-bond acceptors (Lipinski definition) is 2. The van der Waals surface area contributed by atoms with E-state index in [1.807, 2.05) is 12.3 Å². The first-order valence-electron chi connectivity index (χ1n) is 7.85. The first-order chi connectivity index (χ1) is 10.7. The monoisotopic (exact) mass is 300 g/mol. The van der Waals surface area contributed by atoms with Crippen molar-refractivity contribution in [3.05, 3.63) is 64.3 Å². The minimum absolute atomic E-state index is 0.0690. The standard InChI is InChI=1S/C18H21FN2O/c1-2-20(17-7-5-16(19)6-8-17)13-15-9-10-21(18(22)11-15)12-14-3-4-14/h5-11,14H,2-4,12-13H2,1H3. The summed E-state index contributed by atoms with van der Waals surface area (Å²) >= 11 is 0. The molecule has 1 aliphatic carbocycles. The molecule has 4 heteroatoms. The molecule has 116 valence electrons. The lowest BCUT2D eigenvalue weighted by Crippen LogP contribution is -2.25. The van der Waals surface area contributed by atoms with Crippen molar-refractivity contribution in [2.24, 2.45) is 5.92 Å². The minimum atomic E-state index is -0.234. The first kappa shape index (κ1) is 14.8. The molecule has 0 bridgehead atoms. The molecule has 22 heavy (non-hydrogen) atoms. The Balaban J connectivity index is 1.74. The van der Waals surface area contributed by atoms with Gasteiger partial charge in [-0.2, -0.15) is 0 Å². The topological polar surface area (TPSA) is 25.2 Å². The fourth-order valence-electron chi connectivity index (χ4n) is 2.63. The molecule has 1 heterocycles. The van der Waals surface area contributed by atoms with E-state index < -0.39 is 0 Å². The van der Waals surface area contributed by atoms with Crippen LogP contribution < -0.4 is 10.5 Å². The number of hydrogen-bond donors (Lipinski definition) is 0. The number of pyridine rings is 1. The van der Waals surface area contributed by atoms with Crippen LogP contribution in [0.1, 0.15) is 25.3 Å². The summed E-state index contributed by atoms with van der Waals surface area (Å²) in [5, 5.41) is 0. The van der Waals surface area contributed by atoms with E-state index in [4.69, 9.17) is 0 Å². The smallest absolute Gasteiger partial charge is 0.250 e. The van der Waals surface area contributed by atoms with Gasteiger partial charge in [-0.3, -0.25) is 4.79 Å². The van der Waals surface area contributed by atoms with Gasteiger partial charge in [0.2, 0.25) is 0 Å². The molecule has 3 rings (SSSR count). The van der Waals surface area contributed by atoms with Crippen molar-refractivity contribution in [2.75, 3.05) is 11.4 Å². The zero-order valence-corrected chi connectivity index (χ0v) is 12.8. The maximum absolute atomic E-state index is 13.0. The second-order valence-electron chi connectivity index (χ2n) is 5.96. The molecule has 1 aromatic heterocycles. The number of anilines is 1. The SMILES string of the molecule is CCN(Cc1ccn(CC2CC2)c(=O)c1)c1ccc(F)cc1. The normalized spacial score (nSPS) is 14.1. The van der Waals surface area contributed by atoms with E-state index in [0.29, 0.717) is 12.5 Å². The van der Waals surface area contributed by atoms with Crippen molar-refractivity contribution in [3.8, 4) is 0 Å². The lowest BCUT2D eigenvalue weighted by Gasteiger charge is -2.23. The number of benzene rings is 1. The van der Waals surface area contributed by atoms with Gasteiger partial charge in [0.25, 0.3) is 5.56 Å². The van der Waals surface area contributed by atoms with Crippen molar-refractivity contribution in [1.82, 2.24) is 4.57 Å². The van der Waals surface area contributed by atoms with Gasteiger partial charge in [-0.25, -0.2) is 4.39 Å². The van der Waals surface area contributed by atoms with Gasteiger partial charge in [-0.1, -0.05) is 0 Å². The zero-order valence-electron chi connectivity index (χ0n) is 12.8. The first-order valence-corrected chi connectivity index (χ1v) is 7.85. The third kappa shape index (κ3) is 3.56. The average molecular weight is 300 g/mol. The van der Waals surface area contributed by atoms with E-state index >= 15 is 0 Å². The van der Waals surface area contributed by atoms with Crippen molar-refractivity contribution < 1.29 is 4.39 Å². The highest BCUT2D eigenvalue weighted by molar-refractivity contribution is 5.46. The number of halogens is 1. The Morgan fingerprint density at radius 1 is 1.23 bits per heavy atom. The van der Waals surface area contributed by atoms with E-state index in [-0.39, 0.29) is 11.4 Å². The molecule has 0 saturated heterocycles. The molecule has 0 aliphatic heterocycles. The molecule has 3 nitrogen and oxygen atoms in total. The third-order valence-corrected chi connectivity index (χ3v) is 4.16. The van der Waals surface area contributed by atoms with Gasteiger partial charge in [0, 0.05) is 37.6 Å². The molecule has 0 amide bonds. The van der Waals surface area contributed by atoms with Crippen LogP contribution in [0.4, 0.5) is 10.1 Å². The number of rotatable bonds is 6. The average Bonchev–Trinajstić information content (AvgIpc) is 3.32. The van der Waals surface area contributed by atoms with Crippen LogP contribution in [0.2, 0.25) is 0 Å². The minimum Gasteiger partial charge on any atom is -0.367 e. The molecular weight excluding hydrogens is 279 g/mol. The van der Waals surface area contributed by atoms with Gasteiger partial charge in [0.05, 0.1) is 0 Å². The van der Waals surface area contributed by atoms with Gasteiger partial charge in [0.1, 0.15) is 5.82 Å². The maximum atomic E-state index is 13.0. The lowest BCUT2D eigenvalue weighted by molar-refractivity contribution is 0.604. The molecule has 1 saturated carbocycles. The fourth-order valence-corrected chi connectivity index (χ4v) is 2.63. The Kier molecular flexibility index (Phi) is 4.27. The number of nitrogens with zero attached hydrogens (tertiary/aromatic N) is 2. The van der Waals surface area contributed by atoms with Crippen LogP contribution in [0.3, 0.4) is 0 Å². The van der Waals surface area contributed by atoms with Gasteiger partial charge < -0.3 is 9.47 Å². The van der Waals surface area contributed by atoms with Crippen LogP contribution in [0, 0.1) is 11.7 Å². The Labute approximate surface area is 130 Å². The van der Waals surface area contributed by atoms with Crippen LogP contribution in [0.25, 0.3) is 0 Å². The second kappa shape index (κ2) is 6.34. The molecule has 0 atom stereocenters. The summed E-state index contributed by atoms with van der Waals surface area (Å²) in [7, 11) is 0. The van der Waals surface area contributed by atoms with E-state index in [2.05, 4.69) is 11.8 Å². The van der Waals surface area contributed by atoms with Crippen LogP contribution >= 0.6 is 0 Å². The van der Waals surface area contributed by atoms with Crippen LogP contribution in [0.5, 0.6) is 0 Å². The Morgan fingerprint density at radius 2 is 1.95 bits per heavy atom. The second-order valence-corrected chi connectivity index (χ2v) is 5.96. The summed E-state index contributed by atoms with van der Waals surface area (Å²) in [5.41, 5.74) is 2.02. The van der Waals surface area contributed by atoms with Crippen LogP contribution in [-0.2, 0) is 13.1 Å². The quantitative estimate of drug-likeness (QED) is 0.816. The Morgan fingerprint density at radius 3 is 2.55 bits per heavy atom. The Hall–Kier alpha value is -2.10. The molecule has 0 spiro atoms. The predicted octanol–water partition coefficient (Wildman–Crippen LogP) is 3.42. The molecule has 1 aromatic carbocycles. The van der Waals surface area contributed by atoms with Gasteiger partial charge in [-0.05, 0) is 61.6 Å². The summed E-state index contributed by atoms with van der Waals surface area (Å²) < 4.78 is 14.8. The van der Waals surface area contributed by atoms with E-state index in [1.54, 1.807) is 22.8 Å². The predicted molar refractivity (Wildman–Crippen MR) is 86.6 cm³/mol. The van der Waals surface area contributed by atoms with E-state index in [0.717, 1.165) is 24.3 Å². The van der Waals surface area contributed by atoms with Crippen molar-refractivity contribution in [2.45, 2.75) is 32.9 Å². The molecule has 0 unspecified atom stereocenters. The lowest BCUT2D eigenvalue weighted by atomic mass is 10.2. The van der Waals surface area contributed by atoms with Crippen LogP contribution in [-0.4, -0.2) is 11.1 Å². The summed E-state index contributed by atoms with van der Waals surface area (Å²) in [6.07, 6.45) is 4.37. The van der Waals surface area contributed by atoms with E-state index in [9.17, 15) is 9.18 Å². The Bertz CT molecular complexity index is 689.